The molecule has 1 unspecified atom stereocenters. The second-order valence-electron chi connectivity index (χ2n) is 5.55. The van der Waals surface area contributed by atoms with Gasteiger partial charge in [0, 0.05) is 13.1 Å². The smallest absolute Gasteiger partial charge is 0.335 e. The third-order valence-electron chi connectivity index (χ3n) is 3.53. The van der Waals surface area contributed by atoms with E-state index in [4.69, 9.17) is 9.84 Å². The van der Waals surface area contributed by atoms with E-state index >= 15 is 0 Å². The second kappa shape index (κ2) is 6.24. The fourth-order valence-electron chi connectivity index (χ4n) is 2.50. The van der Waals surface area contributed by atoms with Crippen LogP contribution < -0.4 is 4.74 Å². The molecule has 0 bridgehead atoms. The summed E-state index contributed by atoms with van der Waals surface area (Å²) in [6.07, 6.45) is 1.85. The lowest BCUT2D eigenvalue weighted by atomic mass is 9.95. The van der Waals surface area contributed by atoms with Gasteiger partial charge in [0.25, 0.3) is 0 Å². The molecule has 5 heteroatoms. The minimum absolute atomic E-state index is 0.254. The molecule has 1 aromatic carbocycles. The first-order valence-electron chi connectivity index (χ1n) is 6.87. The van der Waals surface area contributed by atoms with Gasteiger partial charge in [0.2, 0.25) is 0 Å². The Labute approximate surface area is 118 Å². The Morgan fingerprint density at radius 2 is 2.10 bits per heavy atom. The average molecular weight is 279 g/mol. The van der Waals surface area contributed by atoms with Crippen molar-refractivity contribution in [3.8, 4) is 5.75 Å². The summed E-state index contributed by atoms with van der Waals surface area (Å²) >= 11 is 0. The van der Waals surface area contributed by atoms with Gasteiger partial charge in [-0.25, -0.2) is 4.79 Å². The summed E-state index contributed by atoms with van der Waals surface area (Å²) in [5.41, 5.74) is -0.342. The van der Waals surface area contributed by atoms with Crippen LogP contribution >= 0.6 is 0 Å². The molecule has 0 spiro atoms. The minimum Gasteiger partial charge on any atom is -0.492 e. The number of aromatic carboxylic acids is 1. The van der Waals surface area contributed by atoms with Crippen molar-refractivity contribution in [1.82, 2.24) is 4.90 Å². The molecule has 5 nitrogen and oxygen atoms in total. The number of aliphatic hydroxyl groups is 1. The largest absolute Gasteiger partial charge is 0.492 e. The number of hydrogen-bond acceptors (Lipinski definition) is 4. The standard InChI is InChI=1S/C15H21NO4/c1-15(19)7-2-8-16(11-15)9-10-20-13-5-3-12(4-6-13)14(17)18/h3-6,19H,2,7-11H2,1H3,(H,17,18). The average Bonchev–Trinajstić information content (AvgIpc) is 2.38. The van der Waals surface area contributed by atoms with Gasteiger partial charge in [-0.3, -0.25) is 4.90 Å². The first kappa shape index (κ1) is 14.8. The van der Waals surface area contributed by atoms with Crippen molar-refractivity contribution in [3.63, 3.8) is 0 Å². The van der Waals surface area contributed by atoms with E-state index in [1.165, 1.54) is 12.1 Å². The lowest BCUT2D eigenvalue weighted by Gasteiger charge is -2.36. The van der Waals surface area contributed by atoms with Gasteiger partial charge in [-0.2, -0.15) is 0 Å². The van der Waals surface area contributed by atoms with Crippen LogP contribution in [0.3, 0.4) is 0 Å². The minimum atomic E-state index is -0.938. The van der Waals surface area contributed by atoms with Crippen molar-refractivity contribution in [1.29, 1.82) is 0 Å². The predicted octanol–water partition coefficient (Wildman–Crippen LogP) is 1.61. The van der Waals surface area contributed by atoms with E-state index in [-0.39, 0.29) is 5.56 Å². The molecule has 1 fully saturated rings. The summed E-state index contributed by atoms with van der Waals surface area (Å²) in [6.45, 7) is 4.82. The highest BCUT2D eigenvalue weighted by Gasteiger charge is 2.27. The van der Waals surface area contributed by atoms with Gasteiger partial charge in [-0.05, 0) is 50.6 Å². The number of carbonyl (C=O) groups is 1. The first-order chi connectivity index (χ1) is 9.46. The Morgan fingerprint density at radius 3 is 2.70 bits per heavy atom. The summed E-state index contributed by atoms with van der Waals surface area (Å²) in [5, 5.41) is 18.8. The quantitative estimate of drug-likeness (QED) is 0.857. The molecule has 0 aromatic heterocycles. The van der Waals surface area contributed by atoms with Crippen LogP contribution in [-0.2, 0) is 0 Å². The van der Waals surface area contributed by atoms with Gasteiger partial charge < -0.3 is 14.9 Å². The Balaban J connectivity index is 1.76. The number of rotatable bonds is 5. The molecular weight excluding hydrogens is 258 g/mol. The maximum atomic E-state index is 10.7. The van der Waals surface area contributed by atoms with E-state index in [0.717, 1.165) is 25.9 Å². The maximum absolute atomic E-state index is 10.7. The van der Waals surface area contributed by atoms with E-state index < -0.39 is 11.6 Å². The number of piperidine rings is 1. The molecule has 1 saturated heterocycles. The van der Waals surface area contributed by atoms with Gasteiger partial charge in [0.15, 0.2) is 0 Å². The number of benzene rings is 1. The zero-order valence-electron chi connectivity index (χ0n) is 11.7. The summed E-state index contributed by atoms with van der Waals surface area (Å²) < 4.78 is 5.60. The molecule has 2 rings (SSSR count). The lowest BCUT2D eigenvalue weighted by molar-refractivity contribution is -0.0183. The molecule has 1 atom stereocenters. The fourth-order valence-corrected chi connectivity index (χ4v) is 2.50. The van der Waals surface area contributed by atoms with E-state index in [9.17, 15) is 9.90 Å². The molecule has 0 radical (unpaired) electrons. The topological polar surface area (TPSA) is 70.0 Å². The molecule has 1 aromatic rings. The number of β-amino-alcohol motifs (C(OH)–C–C–N with tert-alkyl or cyclic N) is 1. The Hall–Kier alpha value is -1.59. The second-order valence-corrected chi connectivity index (χ2v) is 5.55. The van der Waals surface area contributed by atoms with Crippen LogP contribution in [0.4, 0.5) is 0 Å². The van der Waals surface area contributed by atoms with Crippen LogP contribution in [0.2, 0.25) is 0 Å². The Morgan fingerprint density at radius 1 is 1.40 bits per heavy atom. The fraction of sp³-hybridized carbons (Fsp3) is 0.533. The van der Waals surface area contributed by atoms with Crippen LogP contribution in [0.5, 0.6) is 5.75 Å². The van der Waals surface area contributed by atoms with Gasteiger partial charge >= 0.3 is 5.97 Å². The monoisotopic (exact) mass is 279 g/mol. The van der Waals surface area contributed by atoms with E-state index in [1.54, 1.807) is 12.1 Å². The van der Waals surface area contributed by atoms with Crippen molar-refractivity contribution in [3.05, 3.63) is 29.8 Å². The van der Waals surface area contributed by atoms with Crippen LogP contribution in [-0.4, -0.2) is 52.9 Å². The van der Waals surface area contributed by atoms with Crippen molar-refractivity contribution >= 4 is 5.97 Å². The van der Waals surface area contributed by atoms with Crippen molar-refractivity contribution < 1.29 is 19.7 Å². The number of nitrogens with zero attached hydrogens (tertiary/aromatic N) is 1. The molecule has 0 aliphatic carbocycles. The number of hydrogen-bond donors (Lipinski definition) is 2. The molecule has 1 aliphatic rings. The third-order valence-corrected chi connectivity index (χ3v) is 3.53. The highest BCUT2D eigenvalue weighted by atomic mass is 16.5. The molecule has 20 heavy (non-hydrogen) atoms. The van der Waals surface area contributed by atoms with Crippen LogP contribution in [0.15, 0.2) is 24.3 Å². The predicted molar refractivity (Wildman–Crippen MR) is 75.2 cm³/mol. The van der Waals surface area contributed by atoms with Crippen LogP contribution in [0, 0.1) is 0 Å². The maximum Gasteiger partial charge on any atom is 0.335 e. The lowest BCUT2D eigenvalue weighted by Crippen LogP contribution is -2.47. The van der Waals surface area contributed by atoms with Gasteiger partial charge in [0.1, 0.15) is 12.4 Å². The number of likely N-dealkylation sites (tertiary alicyclic amines) is 1. The SMILES string of the molecule is CC1(O)CCCN(CCOc2ccc(C(=O)O)cc2)C1. The first-order valence-corrected chi connectivity index (χ1v) is 6.87. The van der Waals surface area contributed by atoms with E-state index in [1.807, 2.05) is 6.92 Å². The van der Waals surface area contributed by atoms with Gasteiger partial charge in [-0.15, -0.1) is 0 Å². The zero-order valence-corrected chi connectivity index (χ0v) is 11.7. The molecule has 1 heterocycles. The molecular formula is C15H21NO4. The van der Waals surface area contributed by atoms with Crippen LogP contribution in [0.1, 0.15) is 30.1 Å². The van der Waals surface area contributed by atoms with Gasteiger partial charge in [-0.1, -0.05) is 0 Å². The molecule has 0 saturated carbocycles. The summed E-state index contributed by atoms with van der Waals surface area (Å²) in [5.74, 6) is -0.272. The number of carboxylic acids is 1. The third kappa shape index (κ3) is 4.21. The molecule has 0 amide bonds. The molecule has 1 aliphatic heterocycles. The van der Waals surface area contributed by atoms with Crippen LogP contribution in [0.25, 0.3) is 0 Å². The van der Waals surface area contributed by atoms with Gasteiger partial charge in [0.05, 0.1) is 11.2 Å². The summed E-state index contributed by atoms with van der Waals surface area (Å²) in [6, 6.07) is 6.39. The van der Waals surface area contributed by atoms with E-state index in [0.29, 0.717) is 18.9 Å². The highest BCUT2D eigenvalue weighted by molar-refractivity contribution is 5.87. The van der Waals surface area contributed by atoms with Crippen molar-refractivity contribution in [2.45, 2.75) is 25.4 Å². The Bertz CT molecular complexity index is 455. The van der Waals surface area contributed by atoms with E-state index in [2.05, 4.69) is 4.90 Å². The van der Waals surface area contributed by atoms with Crippen molar-refractivity contribution in [2.75, 3.05) is 26.2 Å². The zero-order chi connectivity index (χ0) is 14.6. The summed E-state index contributed by atoms with van der Waals surface area (Å²) in [7, 11) is 0. The normalized spacial score (nSPS) is 23.5. The van der Waals surface area contributed by atoms with Crippen molar-refractivity contribution in [2.24, 2.45) is 0 Å². The number of ether oxygens (including phenoxy) is 1. The summed E-state index contributed by atoms with van der Waals surface area (Å²) in [4.78, 5) is 12.9. The highest BCUT2D eigenvalue weighted by Crippen LogP contribution is 2.20. The Kier molecular flexibility index (Phi) is 4.62. The number of carboxylic acid groups (broad SMARTS) is 1. The molecule has 110 valence electrons. The molecule has 2 N–H and O–H groups in total.